The Balaban J connectivity index is 1.81. The second-order valence-corrected chi connectivity index (χ2v) is 7.34. The minimum atomic E-state index is -0.259. The molecule has 1 atom stereocenters. The molecule has 0 bridgehead atoms. The fourth-order valence-electron chi connectivity index (χ4n) is 3.53. The Bertz CT molecular complexity index is 1270. The lowest BCUT2D eigenvalue weighted by Gasteiger charge is -2.07. The minimum absolute atomic E-state index is 0.208. The fourth-order valence-corrected chi connectivity index (χ4v) is 4.53. The van der Waals surface area contributed by atoms with Crippen LogP contribution in [-0.2, 0) is 6.54 Å². The van der Waals surface area contributed by atoms with Crippen molar-refractivity contribution < 1.29 is 0 Å². The van der Waals surface area contributed by atoms with Crippen molar-refractivity contribution in [1.82, 2.24) is 14.3 Å². The van der Waals surface area contributed by atoms with E-state index in [0.29, 0.717) is 10.2 Å². The van der Waals surface area contributed by atoms with Crippen molar-refractivity contribution in [2.45, 2.75) is 19.5 Å². The maximum absolute atomic E-state index is 12.9. The summed E-state index contributed by atoms with van der Waals surface area (Å²) in [6.45, 7) is 2.96. The van der Waals surface area contributed by atoms with E-state index in [4.69, 9.17) is 0 Å². The Labute approximate surface area is 146 Å². The van der Waals surface area contributed by atoms with E-state index in [1.807, 2.05) is 30.3 Å². The number of para-hydroxylation sites is 1. The average Bonchev–Trinajstić information content (AvgIpc) is 3.16. The van der Waals surface area contributed by atoms with Crippen LogP contribution in [0, 0.1) is 0 Å². The van der Waals surface area contributed by atoms with Crippen LogP contribution in [0.5, 0.6) is 0 Å². The van der Waals surface area contributed by atoms with Crippen LogP contribution in [0.25, 0.3) is 26.8 Å². The Hall–Kier alpha value is -2.70. The lowest BCUT2D eigenvalue weighted by Crippen LogP contribution is -2.17. The quantitative estimate of drug-likeness (QED) is 0.555. The van der Waals surface area contributed by atoms with Crippen molar-refractivity contribution >= 4 is 32.7 Å². The molecule has 0 amide bonds. The number of H-pyrrole nitrogens is 1. The number of rotatable bonds is 1. The predicted molar refractivity (Wildman–Crippen MR) is 101 cm³/mol. The van der Waals surface area contributed by atoms with Gasteiger partial charge in [-0.3, -0.25) is 9.59 Å². The van der Waals surface area contributed by atoms with Gasteiger partial charge in [-0.1, -0.05) is 18.2 Å². The molecule has 124 valence electrons. The number of nitrogens with one attached hydrogen (secondary N) is 2. The lowest BCUT2D eigenvalue weighted by molar-refractivity contribution is 0.633. The van der Waals surface area contributed by atoms with Gasteiger partial charge in [0.1, 0.15) is 10.2 Å². The lowest BCUT2D eigenvalue weighted by atomic mass is 10.1. The summed E-state index contributed by atoms with van der Waals surface area (Å²) >= 11 is 1.28. The molecule has 1 aliphatic rings. The molecule has 2 aromatic carbocycles. The average molecular weight is 349 g/mol. The maximum Gasteiger partial charge on any atom is 0.278 e. The molecule has 1 aliphatic heterocycles. The van der Waals surface area contributed by atoms with Crippen molar-refractivity contribution in [3.05, 3.63) is 74.2 Å². The Morgan fingerprint density at radius 2 is 2.00 bits per heavy atom. The summed E-state index contributed by atoms with van der Waals surface area (Å²) in [5.74, 6) is 0. The van der Waals surface area contributed by atoms with Crippen molar-refractivity contribution in [3.8, 4) is 5.69 Å². The number of aromatic nitrogens is 2. The summed E-state index contributed by atoms with van der Waals surface area (Å²) in [5.41, 5.74) is 3.55. The number of pyridine rings is 1. The third-order valence-electron chi connectivity index (χ3n) is 4.88. The highest BCUT2D eigenvalue weighted by Gasteiger charge is 2.20. The van der Waals surface area contributed by atoms with E-state index >= 15 is 0 Å². The van der Waals surface area contributed by atoms with E-state index < -0.39 is 0 Å². The van der Waals surface area contributed by atoms with Gasteiger partial charge in [-0.05, 0) is 53.8 Å². The first-order valence-corrected chi connectivity index (χ1v) is 8.94. The monoisotopic (exact) mass is 349 g/mol. The molecule has 5 nitrogen and oxygen atoms in total. The van der Waals surface area contributed by atoms with Gasteiger partial charge in [0.15, 0.2) is 0 Å². The van der Waals surface area contributed by atoms with Crippen molar-refractivity contribution in [2.24, 2.45) is 0 Å². The van der Waals surface area contributed by atoms with Crippen molar-refractivity contribution in [3.63, 3.8) is 0 Å². The number of nitrogens with zero attached hydrogens (tertiary/aromatic N) is 1. The molecular formula is C19H15N3O2S. The predicted octanol–water partition coefficient (Wildman–Crippen LogP) is 3.06. The number of fused-ring (bicyclic) bond motifs is 3. The summed E-state index contributed by atoms with van der Waals surface area (Å²) in [6.07, 6.45) is 0. The highest BCUT2D eigenvalue weighted by atomic mass is 32.1. The van der Waals surface area contributed by atoms with Gasteiger partial charge in [0, 0.05) is 18.0 Å². The van der Waals surface area contributed by atoms with E-state index in [0.717, 1.165) is 17.7 Å². The smallest absolute Gasteiger partial charge is 0.278 e. The molecule has 0 saturated heterocycles. The van der Waals surface area contributed by atoms with Crippen LogP contribution < -0.4 is 16.3 Å². The summed E-state index contributed by atoms with van der Waals surface area (Å²) in [5, 5.41) is 4.17. The first-order chi connectivity index (χ1) is 12.1. The summed E-state index contributed by atoms with van der Waals surface area (Å²) in [4.78, 5) is 29.5. The first kappa shape index (κ1) is 14.6. The van der Waals surface area contributed by atoms with Gasteiger partial charge in [0.2, 0.25) is 5.43 Å². The topological polar surface area (TPSA) is 66.9 Å². The van der Waals surface area contributed by atoms with Crippen LogP contribution in [-0.4, -0.2) is 8.94 Å². The summed E-state index contributed by atoms with van der Waals surface area (Å²) in [7, 11) is 0. The number of aromatic amines is 1. The largest absolute Gasteiger partial charge is 0.345 e. The van der Waals surface area contributed by atoms with Crippen LogP contribution in [0.4, 0.5) is 0 Å². The zero-order chi connectivity index (χ0) is 17.1. The van der Waals surface area contributed by atoms with Crippen LogP contribution in [0.2, 0.25) is 0 Å². The van der Waals surface area contributed by atoms with Crippen LogP contribution >= 0.6 is 11.5 Å². The third-order valence-corrected chi connectivity index (χ3v) is 5.93. The Morgan fingerprint density at radius 1 is 1.16 bits per heavy atom. The van der Waals surface area contributed by atoms with E-state index in [2.05, 4.69) is 23.3 Å². The van der Waals surface area contributed by atoms with Crippen molar-refractivity contribution in [1.29, 1.82) is 0 Å². The van der Waals surface area contributed by atoms with Crippen LogP contribution in [0.1, 0.15) is 24.1 Å². The SMILES string of the molecule is CC1NCc2ccc(-n3sc4[nH]c5ccccc5c(=O)c4c3=O)cc21. The normalized spacial score (nSPS) is 16.6. The molecule has 4 aromatic rings. The maximum atomic E-state index is 12.9. The van der Waals surface area contributed by atoms with Gasteiger partial charge >= 0.3 is 0 Å². The molecule has 6 heteroatoms. The number of hydrogen-bond donors (Lipinski definition) is 2. The van der Waals surface area contributed by atoms with Gasteiger partial charge in [-0.2, -0.15) is 0 Å². The second-order valence-electron chi connectivity index (χ2n) is 6.38. The van der Waals surface area contributed by atoms with Gasteiger partial charge < -0.3 is 10.3 Å². The fraction of sp³-hybridized carbons (Fsp3) is 0.158. The molecule has 0 aliphatic carbocycles. The standard InChI is InChI=1S/C19H15N3O2S/c1-10-14-8-12(7-6-11(14)9-20-10)22-19(24)16-17(23)13-4-2-3-5-15(13)21-18(16)25-22/h2-8,10,20H,9H2,1H3,(H,21,23). The van der Waals surface area contributed by atoms with Crippen LogP contribution in [0.3, 0.4) is 0 Å². The molecule has 1 unspecified atom stereocenters. The molecule has 3 heterocycles. The Kier molecular flexibility index (Phi) is 3.01. The molecular weight excluding hydrogens is 334 g/mol. The van der Waals surface area contributed by atoms with E-state index in [-0.39, 0.29) is 22.4 Å². The molecule has 2 aromatic heterocycles. The third kappa shape index (κ3) is 2.04. The first-order valence-electron chi connectivity index (χ1n) is 8.17. The van der Waals surface area contributed by atoms with Crippen molar-refractivity contribution in [2.75, 3.05) is 0 Å². The van der Waals surface area contributed by atoms with Gasteiger partial charge in [0.25, 0.3) is 5.56 Å². The van der Waals surface area contributed by atoms with Gasteiger partial charge in [-0.25, -0.2) is 3.96 Å². The molecule has 5 rings (SSSR count). The molecule has 2 N–H and O–H groups in total. The molecule has 0 spiro atoms. The van der Waals surface area contributed by atoms with Crippen LogP contribution in [0.15, 0.2) is 52.1 Å². The second kappa shape index (κ2) is 5.15. The van der Waals surface area contributed by atoms with E-state index in [1.165, 1.54) is 22.7 Å². The zero-order valence-electron chi connectivity index (χ0n) is 13.5. The highest BCUT2D eigenvalue weighted by Crippen LogP contribution is 2.28. The number of hydrogen-bond acceptors (Lipinski definition) is 4. The minimum Gasteiger partial charge on any atom is -0.345 e. The zero-order valence-corrected chi connectivity index (χ0v) is 14.3. The summed E-state index contributed by atoms with van der Waals surface area (Å²) < 4.78 is 1.60. The highest BCUT2D eigenvalue weighted by molar-refractivity contribution is 7.13. The molecule has 0 saturated carbocycles. The molecule has 25 heavy (non-hydrogen) atoms. The summed E-state index contributed by atoms with van der Waals surface area (Å²) in [6, 6.07) is 13.6. The molecule has 0 radical (unpaired) electrons. The van der Waals surface area contributed by atoms with E-state index in [1.54, 1.807) is 10.0 Å². The van der Waals surface area contributed by atoms with Gasteiger partial charge in [0.05, 0.1) is 11.2 Å². The van der Waals surface area contributed by atoms with Gasteiger partial charge in [-0.15, -0.1) is 0 Å². The number of benzene rings is 2. The van der Waals surface area contributed by atoms with E-state index in [9.17, 15) is 9.59 Å². The Morgan fingerprint density at radius 3 is 2.88 bits per heavy atom. The molecule has 0 fully saturated rings.